The lowest BCUT2D eigenvalue weighted by Gasteiger charge is -2.34. The number of rotatable bonds is 3. The van der Waals surface area contributed by atoms with Gasteiger partial charge in [0.25, 0.3) is 0 Å². The van der Waals surface area contributed by atoms with Gasteiger partial charge in [-0.1, -0.05) is 24.3 Å². The van der Waals surface area contributed by atoms with Crippen molar-refractivity contribution < 1.29 is 9.90 Å². The highest BCUT2D eigenvalue weighted by molar-refractivity contribution is 5.70. The second kappa shape index (κ2) is 5.85. The van der Waals surface area contributed by atoms with E-state index in [9.17, 15) is 10.1 Å². The number of piperidine rings is 1. The Labute approximate surface area is 113 Å². The molecule has 0 bridgehead atoms. The summed E-state index contributed by atoms with van der Waals surface area (Å²) in [5.74, 6) is -1.11. The summed E-state index contributed by atoms with van der Waals surface area (Å²) in [6.07, 6.45) is 1.54. The van der Waals surface area contributed by atoms with E-state index < -0.39 is 5.97 Å². The van der Waals surface area contributed by atoms with E-state index in [2.05, 4.69) is 6.07 Å². The molecule has 1 N–H and O–H groups in total. The van der Waals surface area contributed by atoms with Crippen LogP contribution >= 0.6 is 0 Å². The second-order valence-corrected chi connectivity index (χ2v) is 5.06. The number of benzene rings is 1. The minimum Gasteiger partial charge on any atom is -0.481 e. The molecule has 4 heteroatoms. The van der Waals surface area contributed by atoms with Gasteiger partial charge < -0.3 is 5.11 Å². The van der Waals surface area contributed by atoms with Crippen LogP contribution < -0.4 is 0 Å². The summed E-state index contributed by atoms with van der Waals surface area (Å²) in [5.41, 5.74) is 2.06. The van der Waals surface area contributed by atoms with Crippen molar-refractivity contribution in [3.63, 3.8) is 0 Å². The molecule has 2 unspecified atom stereocenters. The third kappa shape index (κ3) is 2.94. The number of likely N-dealkylation sites (tertiary alicyclic amines) is 1. The summed E-state index contributed by atoms with van der Waals surface area (Å²) in [7, 11) is 0. The number of hydrogen-bond acceptors (Lipinski definition) is 3. The van der Waals surface area contributed by atoms with Gasteiger partial charge in [0.05, 0.1) is 12.0 Å². The fraction of sp³-hybridized carbons (Fsp3) is 0.467. The van der Waals surface area contributed by atoms with Crippen molar-refractivity contribution in [1.82, 2.24) is 4.90 Å². The minimum atomic E-state index is -0.758. The largest absolute Gasteiger partial charge is 0.481 e. The number of carboxylic acid groups (broad SMARTS) is 1. The molecule has 0 spiro atoms. The first-order valence-electron chi connectivity index (χ1n) is 6.55. The van der Waals surface area contributed by atoms with E-state index in [-0.39, 0.29) is 12.0 Å². The molecule has 0 radical (unpaired) electrons. The van der Waals surface area contributed by atoms with Crippen LogP contribution in [0.5, 0.6) is 0 Å². The Balaban J connectivity index is 2.21. The Morgan fingerprint density at radius 3 is 2.89 bits per heavy atom. The molecule has 1 aliphatic rings. The summed E-state index contributed by atoms with van der Waals surface area (Å²) in [6, 6.07) is 9.78. The van der Waals surface area contributed by atoms with Crippen LogP contribution in [0.15, 0.2) is 24.3 Å². The molecule has 0 aliphatic carbocycles. The molecule has 0 aromatic heterocycles. The van der Waals surface area contributed by atoms with Crippen molar-refractivity contribution in [3.05, 3.63) is 35.4 Å². The van der Waals surface area contributed by atoms with E-state index in [0.29, 0.717) is 13.0 Å². The Kier molecular flexibility index (Phi) is 4.18. The zero-order valence-corrected chi connectivity index (χ0v) is 11.0. The molecule has 1 fully saturated rings. The Morgan fingerprint density at radius 1 is 1.53 bits per heavy atom. The maximum Gasteiger partial charge on any atom is 0.307 e. The predicted octanol–water partition coefficient (Wildman–Crippen LogP) is 2.36. The summed E-state index contributed by atoms with van der Waals surface area (Å²) >= 11 is 0. The van der Waals surface area contributed by atoms with Crippen LogP contribution in [0.3, 0.4) is 0 Å². The number of hydrogen-bond donors (Lipinski definition) is 1. The maximum atomic E-state index is 11.1. The van der Waals surface area contributed by atoms with Crippen LogP contribution in [0.1, 0.15) is 30.0 Å². The van der Waals surface area contributed by atoms with Gasteiger partial charge in [0.2, 0.25) is 0 Å². The van der Waals surface area contributed by atoms with E-state index in [4.69, 9.17) is 5.11 Å². The van der Waals surface area contributed by atoms with Gasteiger partial charge in [-0.3, -0.25) is 9.69 Å². The molecule has 2 rings (SSSR count). The third-order valence-corrected chi connectivity index (χ3v) is 3.77. The first-order chi connectivity index (χ1) is 9.13. The molecule has 1 heterocycles. The molecule has 1 aromatic rings. The van der Waals surface area contributed by atoms with Gasteiger partial charge in [0.15, 0.2) is 0 Å². The highest BCUT2D eigenvalue weighted by Gasteiger charge is 2.30. The van der Waals surface area contributed by atoms with Gasteiger partial charge in [-0.2, -0.15) is 5.26 Å². The number of carboxylic acids is 1. The summed E-state index contributed by atoms with van der Waals surface area (Å²) in [4.78, 5) is 13.1. The molecule has 2 atom stereocenters. The van der Waals surface area contributed by atoms with E-state index in [1.165, 1.54) is 0 Å². The summed E-state index contributed by atoms with van der Waals surface area (Å²) in [6.45, 7) is 3.23. The van der Waals surface area contributed by atoms with E-state index >= 15 is 0 Å². The van der Waals surface area contributed by atoms with E-state index in [1.807, 2.05) is 36.1 Å². The van der Waals surface area contributed by atoms with Gasteiger partial charge in [0, 0.05) is 6.54 Å². The number of aryl methyl sites for hydroxylation is 1. The molecule has 1 aliphatic heterocycles. The smallest absolute Gasteiger partial charge is 0.307 e. The van der Waals surface area contributed by atoms with Crippen LogP contribution in [0.4, 0.5) is 0 Å². The number of nitriles is 1. The molecule has 0 amide bonds. The fourth-order valence-corrected chi connectivity index (χ4v) is 2.68. The number of carbonyl (C=O) groups is 1. The average molecular weight is 258 g/mol. The van der Waals surface area contributed by atoms with E-state index in [0.717, 1.165) is 24.1 Å². The monoisotopic (exact) mass is 258 g/mol. The molecule has 4 nitrogen and oxygen atoms in total. The fourth-order valence-electron chi connectivity index (χ4n) is 2.68. The van der Waals surface area contributed by atoms with Gasteiger partial charge in [-0.05, 0) is 37.4 Å². The number of nitrogens with zero attached hydrogens (tertiary/aromatic N) is 2. The highest BCUT2D eigenvalue weighted by atomic mass is 16.4. The molecular formula is C15H18N2O2. The van der Waals surface area contributed by atoms with Crippen molar-refractivity contribution in [3.8, 4) is 6.07 Å². The molecule has 100 valence electrons. The molecule has 19 heavy (non-hydrogen) atoms. The van der Waals surface area contributed by atoms with Crippen LogP contribution in [0, 0.1) is 24.2 Å². The SMILES string of the molecule is Cc1ccccc1C(C#N)N1CCCC(C(=O)O)C1. The van der Waals surface area contributed by atoms with Gasteiger partial charge in [-0.15, -0.1) is 0 Å². The third-order valence-electron chi connectivity index (χ3n) is 3.77. The Bertz CT molecular complexity index is 507. The van der Waals surface area contributed by atoms with Gasteiger partial charge in [-0.25, -0.2) is 0 Å². The van der Waals surface area contributed by atoms with Gasteiger partial charge >= 0.3 is 5.97 Å². The van der Waals surface area contributed by atoms with Crippen LogP contribution in [0.25, 0.3) is 0 Å². The normalized spacial score (nSPS) is 21.6. The molecular weight excluding hydrogens is 240 g/mol. The average Bonchev–Trinajstić information content (AvgIpc) is 2.42. The zero-order valence-electron chi connectivity index (χ0n) is 11.0. The molecule has 0 saturated carbocycles. The number of aliphatic carboxylic acids is 1. The van der Waals surface area contributed by atoms with Crippen LogP contribution in [0.2, 0.25) is 0 Å². The standard InChI is InChI=1S/C15H18N2O2/c1-11-5-2-3-7-13(11)14(9-16)17-8-4-6-12(10-17)15(18)19/h2-3,5,7,12,14H,4,6,8,10H2,1H3,(H,18,19). The Morgan fingerprint density at radius 2 is 2.26 bits per heavy atom. The van der Waals surface area contributed by atoms with Crippen molar-refractivity contribution >= 4 is 5.97 Å². The predicted molar refractivity (Wildman–Crippen MR) is 71.5 cm³/mol. The van der Waals surface area contributed by atoms with Crippen LogP contribution in [-0.2, 0) is 4.79 Å². The van der Waals surface area contributed by atoms with Crippen molar-refractivity contribution in [1.29, 1.82) is 5.26 Å². The highest BCUT2D eigenvalue weighted by Crippen LogP contribution is 2.28. The lowest BCUT2D eigenvalue weighted by Crippen LogP contribution is -2.40. The van der Waals surface area contributed by atoms with Crippen molar-refractivity contribution in [2.45, 2.75) is 25.8 Å². The Hall–Kier alpha value is -1.86. The van der Waals surface area contributed by atoms with Gasteiger partial charge in [0.1, 0.15) is 6.04 Å². The first kappa shape index (κ1) is 13.6. The lowest BCUT2D eigenvalue weighted by atomic mass is 9.94. The first-order valence-corrected chi connectivity index (χ1v) is 6.55. The van der Waals surface area contributed by atoms with Crippen molar-refractivity contribution in [2.75, 3.05) is 13.1 Å². The zero-order chi connectivity index (χ0) is 13.8. The topological polar surface area (TPSA) is 64.3 Å². The van der Waals surface area contributed by atoms with E-state index in [1.54, 1.807) is 0 Å². The summed E-state index contributed by atoms with van der Waals surface area (Å²) in [5, 5.41) is 18.6. The lowest BCUT2D eigenvalue weighted by molar-refractivity contribution is -0.143. The van der Waals surface area contributed by atoms with Crippen molar-refractivity contribution in [2.24, 2.45) is 5.92 Å². The molecule has 1 aromatic carbocycles. The molecule has 1 saturated heterocycles. The quantitative estimate of drug-likeness (QED) is 0.904. The second-order valence-electron chi connectivity index (χ2n) is 5.06. The minimum absolute atomic E-state index is 0.344. The van der Waals surface area contributed by atoms with Crippen LogP contribution in [-0.4, -0.2) is 29.1 Å². The summed E-state index contributed by atoms with van der Waals surface area (Å²) < 4.78 is 0. The maximum absolute atomic E-state index is 11.1.